The Morgan fingerprint density at radius 1 is 1.10 bits per heavy atom. The van der Waals surface area contributed by atoms with Crippen LogP contribution in [0.5, 0.6) is 5.75 Å². The van der Waals surface area contributed by atoms with Gasteiger partial charge in [0.05, 0.1) is 5.52 Å². The third-order valence-corrected chi connectivity index (χ3v) is 3.67. The van der Waals surface area contributed by atoms with Gasteiger partial charge in [-0.3, -0.25) is 4.98 Å². The lowest BCUT2D eigenvalue weighted by molar-refractivity contribution is 0.214. The molecule has 4 heteroatoms. The van der Waals surface area contributed by atoms with Crippen LogP contribution in [0.2, 0.25) is 5.02 Å². The molecule has 1 unspecified atom stereocenters. The lowest BCUT2D eigenvalue weighted by Crippen LogP contribution is -2.18. The van der Waals surface area contributed by atoms with Crippen molar-refractivity contribution >= 4 is 22.5 Å². The first-order valence-electron chi connectivity index (χ1n) is 6.74. The van der Waals surface area contributed by atoms with Crippen molar-refractivity contribution in [2.45, 2.75) is 6.10 Å². The highest BCUT2D eigenvalue weighted by Gasteiger charge is 2.14. The molecule has 0 aliphatic rings. The molecule has 106 valence electrons. The maximum atomic E-state index is 6.21. The SMILES string of the molecule is NCC(Oc1ccc2cccnc2c1)c1ccccc1Cl. The lowest BCUT2D eigenvalue weighted by atomic mass is 10.1. The van der Waals surface area contributed by atoms with Crippen molar-refractivity contribution in [2.24, 2.45) is 5.73 Å². The molecule has 0 aliphatic carbocycles. The zero-order chi connectivity index (χ0) is 14.7. The molecule has 3 nitrogen and oxygen atoms in total. The molecule has 1 aromatic heterocycles. The molecule has 0 fully saturated rings. The standard InChI is InChI=1S/C17H15ClN2O/c18-15-6-2-1-5-14(15)17(11-19)21-13-8-7-12-4-3-9-20-16(12)10-13/h1-10,17H,11,19H2. The van der Waals surface area contributed by atoms with Gasteiger partial charge in [-0.25, -0.2) is 0 Å². The lowest BCUT2D eigenvalue weighted by Gasteiger charge is -2.19. The van der Waals surface area contributed by atoms with Crippen LogP contribution in [0.1, 0.15) is 11.7 Å². The minimum Gasteiger partial charge on any atom is -0.484 e. The Labute approximate surface area is 128 Å². The second-order valence-electron chi connectivity index (χ2n) is 4.72. The summed E-state index contributed by atoms with van der Waals surface area (Å²) in [5.74, 6) is 0.733. The maximum Gasteiger partial charge on any atom is 0.137 e. The van der Waals surface area contributed by atoms with Crippen LogP contribution in [0.25, 0.3) is 10.9 Å². The van der Waals surface area contributed by atoms with Crippen LogP contribution in [0.3, 0.4) is 0 Å². The number of nitrogens with zero attached hydrogens (tertiary/aromatic N) is 1. The van der Waals surface area contributed by atoms with Crippen LogP contribution in [0, 0.1) is 0 Å². The van der Waals surface area contributed by atoms with Gasteiger partial charge < -0.3 is 10.5 Å². The molecule has 1 heterocycles. The highest BCUT2D eigenvalue weighted by Crippen LogP contribution is 2.28. The van der Waals surface area contributed by atoms with Gasteiger partial charge in [0.2, 0.25) is 0 Å². The smallest absolute Gasteiger partial charge is 0.137 e. The Hall–Kier alpha value is -2.10. The zero-order valence-electron chi connectivity index (χ0n) is 11.4. The van der Waals surface area contributed by atoms with Crippen LogP contribution in [-0.2, 0) is 0 Å². The molecule has 0 saturated carbocycles. The predicted molar refractivity (Wildman–Crippen MR) is 85.6 cm³/mol. The third-order valence-electron chi connectivity index (χ3n) is 3.32. The van der Waals surface area contributed by atoms with Gasteiger partial charge in [-0.05, 0) is 24.3 Å². The van der Waals surface area contributed by atoms with Gasteiger partial charge in [-0.15, -0.1) is 0 Å². The Morgan fingerprint density at radius 3 is 2.76 bits per heavy atom. The van der Waals surface area contributed by atoms with E-state index in [2.05, 4.69) is 4.98 Å². The van der Waals surface area contributed by atoms with E-state index in [-0.39, 0.29) is 6.10 Å². The first-order valence-corrected chi connectivity index (χ1v) is 7.11. The van der Waals surface area contributed by atoms with Crippen molar-refractivity contribution in [3.05, 3.63) is 71.4 Å². The molecular formula is C17H15ClN2O. The van der Waals surface area contributed by atoms with Crippen LogP contribution in [-0.4, -0.2) is 11.5 Å². The summed E-state index contributed by atoms with van der Waals surface area (Å²) in [4.78, 5) is 4.33. The van der Waals surface area contributed by atoms with Gasteiger partial charge in [-0.2, -0.15) is 0 Å². The Balaban J connectivity index is 1.90. The highest BCUT2D eigenvalue weighted by atomic mass is 35.5. The van der Waals surface area contributed by atoms with Crippen molar-refractivity contribution in [1.29, 1.82) is 0 Å². The highest BCUT2D eigenvalue weighted by molar-refractivity contribution is 6.31. The third kappa shape index (κ3) is 2.99. The summed E-state index contributed by atoms with van der Waals surface area (Å²) >= 11 is 6.21. The molecule has 21 heavy (non-hydrogen) atoms. The second-order valence-corrected chi connectivity index (χ2v) is 5.13. The number of aromatic nitrogens is 1. The van der Waals surface area contributed by atoms with E-state index in [0.29, 0.717) is 11.6 Å². The first-order chi connectivity index (χ1) is 10.3. The zero-order valence-corrected chi connectivity index (χ0v) is 12.1. The molecular weight excluding hydrogens is 284 g/mol. The second kappa shape index (κ2) is 6.12. The number of hydrogen-bond acceptors (Lipinski definition) is 3. The summed E-state index contributed by atoms with van der Waals surface area (Å²) in [6.07, 6.45) is 1.49. The average Bonchev–Trinajstić information content (AvgIpc) is 2.53. The summed E-state index contributed by atoms with van der Waals surface area (Å²) < 4.78 is 5.99. The van der Waals surface area contributed by atoms with E-state index in [1.165, 1.54) is 0 Å². The number of ether oxygens (including phenoxy) is 1. The molecule has 2 aromatic carbocycles. The molecule has 1 atom stereocenters. The van der Waals surface area contributed by atoms with E-state index in [4.69, 9.17) is 22.1 Å². The molecule has 3 aromatic rings. The van der Waals surface area contributed by atoms with E-state index < -0.39 is 0 Å². The molecule has 0 saturated heterocycles. The average molecular weight is 299 g/mol. The van der Waals surface area contributed by atoms with Gasteiger partial charge in [-0.1, -0.05) is 35.9 Å². The van der Waals surface area contributed by atoms with Crippen molar-refractivity contribution < 1.29 is 4.74 Å². The number of rotatable bonds is 4. The fraction of sp³-hybridized carbons (Fsp3) is 0.118. The topological polar surface area (TPSA) is 48.1 Å². The van der Waals surface area contributed by atoms with E-state index in [1.54, 1.807) is 6.20 Å². The van der Waals surface area contributed by atoms with Gasteiger partial charge in [0, 0.05) is 34.8 Å². The van der Waals surface area contributed by atoms with Crippen LogP contribution in [0.4, 0.5) is 0 Å². The van der Waals surface area contributed by atoms with Crippen molar-refractivity contribution in [1.82, 2.24) is 4.98 Å². The van der Waals surface area contributed by atoms with Crippen LogP contribution >= 0.6 is 11.6 Å². The minimum atomic E-state index is -0.278. The van der Waals surface area contributed by atoms with E-state index >= 15 is 0 Å². The first kappa shape index (κ1) is 13.9. The van der Waals surface area contributed by atoms with Gasteiger partial charge in [0.15, 0.2) is 0 Å². The molecule has 0 amide bonds. The van der Waals surface area contributed by atoms with Gasteiger partial charge in [0.25, 0.3) is 0 Å². The summed E-state index contributed by atoms with van der Waals surface area (Å²) in [6, 6.07) is 17.3. The summed E-state index contributed by atoms with van der Waals surface area (Å²) in [5, 5.41) is 1.73. The molecule has 0 spiro atoms. The quantitative estimate of drug-likeness (QED) is 0.793. The fourth-order valence-electron chi connectivity index (χ4n) is 2.26. The number of nitrogens with two attached hydrogens (primary N) is 1. The molecule has 2 N–H and O–H groups in total. The normalized spacial score (nSPS) is 12.3. The Kier molecular flexibility index (Phi) is 4.04. The number of hydrogen-bond donors (Lipinski definition) is 1. The number of pyridine rings is 1. The molecule has 0 bridgehead atoms. The molecule has 3 rings (SSSR count). The summed E-state index contributed by atoms with van der Waals surface area (Å²) in [5.41, 5.74) is 7.62. The predicted octanol–water partition coefficient (Wildman–Crippen LogP) is 3.97. The van der Waals surface area contributed by atoms with Crippen molar-refractivity contribution in [2.75, 3.05) is 6.54 Å². The molecule has 0 radical (unpaired) electrons. The maximum absolute atomic E-state index is 6.21. The van der Waals surface area contributed by atoms with Gasteiger partial charge >= 0.3 is 0 Å². The van der Waals surface area contributed by atoms with Crippen LogP contribution in [0.15, 0.2) is 60.8 Å². The summed E-state index contributed by atoms with van der Waals surface area (Å²) in [6.45, 7) is 0.351. The van der Waals surface area contributed by atoms with Crippen molar-refractivity contribution in [3.8, 4) is 5.75 Å². The minimum absolute atomic E-state index is 0.278. The fourth-order valence-corrected chi connectivity index (χ4v) is 2.52. The number of halogens is 1. The Bertz CT molecular complexity index is 760. The van der Waals surface area contributed by atoms with Crippen LogP contribution < -0.4 is 10.5 Å². The van der Waals surface area contributed by atoms with Gasteiger partial charge in [0.1, 0.15) is 11.9 Å². The van der Waals surface area contributed by atoms with E-state index in [9.17, 15) is 0 Å². The number of fused-ring (bicyclic) bond motifs is 1. The number of benzene rings is 2. The molecule has 0 aliphatic heterocycles. The largest absolute Gasteiger partial charge is 0.484 e. The van der Waals surface area contributed by atoms with E-state index in [1.807, 2.05) is 54.6 Å². The van der Waals surface area contributed by atoms with Crippen molar-refractivity contribution in [3.63, 3.8) is 0 Å². The van der Waals surface area contributed by atoms with E-state index in [0.717, 1.165) is 22.2 Å². The summed E-state index contributed by atoms with van der Waals surface area (Å²) in [7, 11) is 0. The Morgan fingerprint density at radius 2 is 1.95 bits per heavy atom. The monoisotopic (exact) mass is 298 g/mol.